The van der Waals surface area contributed by atoms with Gasteiger partial charge in [-0.2, -0.15) is 13.8 Å². The van der Waals surface area contributed by atoms with Gasteiger partial charge in [-0.25, -0.2) is 13.4 Å². The molecule has 0 spiro atoms. The smallest absolute Gasteiger partial charge is 0.280 e. The van der Waals surface area contributed by atoms with E-state index in [4.69, 9.17) is 9.94 Å². The van der Waals surface area contributed by atoms with Gasteiger partial charge in [0.1, 0.15) is 5.69 Å². The molecule has 0 fully saturated rings. The van der Waals surface area contributed by atoms with Crippen LogP contribution in [0.3, 0.4) is 0 Å². The first-order valence-corrected chi connectivity index (χ1v) is 12.3. The van der Waals surface area contributed by atoms with E-state index in [0.29, 0.717) is 17.0 Å². The third-order valence-corrected chi connectivity index (χ3v) is 7.21. The Kier molecular flexibility index (Phi) is 8.44. The van der Waals surface area contributed by atoms with E-state index in [1.165, 1.54) is 24.3 Å². The van der Waals surface area contributed by atoms with Crippen molar-refractivity contribution in [1.82, 2.24) is 19.1 Å². The number of carbonyl (C=O) groups excluding carboxylic acids is 1. The van der Waals surface area contributed by atoms with Crippen molar-refractivity contribution >= 4 is 38.1 Å². The van der Waals surface area contributed by atoms with Crippen LogP contribution in [-0.4, -0.2) is 63.9 Å². The van der Waals surface area contributed by atoms with Crippen LogP contribution in [0, 0.1) is 5.13 Å². The van der Waals surface area contributed by atoms with E-state index in [1.807, 2.05) is 0 Å². The Bertz CT molecular complexity index is 1260. The van der Waals surface area contributed by atoms with Gasteiger partial charge in [0.05, 0.1) is 17.7 Å². The number of aryl methyl sites for hydroxylation is 1. The molecule has 182 valence electrons. The van der Waals surface area contributed by atoms with Crippen molar-refractivity contribution in [3.8, 4) is 0 Å². The Morgan fingerprint density at radius 2 is 2.06 bits per heavy atom. The SMILES string of the molecule is CCN(CCO)S(=O)(=O)c1ccc(C(=NOCc2ccn(C)n2)C(=O)Nc2ncc(F)s2)cc1. The summed E-state index contributed by atoms with van der Waals surface area (Å²) in [4.78, 5) is 21.9. The number of hydrogen-bond acceptors (Lipinski definition) is 9. The van der Waals surface area contributed by atoms with Gasteiger partial charge in [-0.05, 0) is 18.2 Å². The molecule has 0 unspecified atom stereocenters. The van der Waals surface area contributed by atoms with E-state index in [1.54, 1.807) is 30.9 Å². The zero-order valence-electron chi connectivity index (χ0n) is 18.4. The normalized spacial score (nSPS) is 12.2. The first-order chi connectivity index (χ1) is 16.2. The number of aromatic nitrogens is 3. The fraction of sp³-hybridized carbons (Fsp3) is 0.300. The minimum Gasteiger partial charge on any atom is -0.395 e. The highest BCUT2D eigenvalue weighted by Gasteiger charge is 2.24. The van der Waals surface area contributed by atoms with Gasteiger partial charge in [0.15, 0.2) is 22.6 Å². The second-order valence-corrected chi connectivity index (χ2v) is 9.78. The molecular weight excluding hydrogens is 487 g/mol. The molecule has 11 nitrogen and oxygen atoms in total. The van der Waals surface area contributed by atoms with Crippen molar-refractivity contribution in [3.63, 3.8) is 0 Å². The van der Waals surface area contributed by atoms with Crippen molar-refractivity contribution < 1.29 is 27.5 Å². The highest BCUT2D eigenvalue weighted by molar-refractivity contribution is 7.89. The summed E-state index contributed by atoms with van der Waals surface area (Å²) >= 11 is 0.645. The molecule has 0 bridgehead atoms. The number of nitrogens with zero attached hydrogens (tertiary/aromatic N) is 5. The summed E-state index contributed by atoms with van der Waals surface area (Å²) in [5, 5.41) is 19.1. The molecule has 2 N–H and O–H groups in total. The molecule has 0 aliphatic carbocycles. The standard InChI is InChI=1S/C20H23FN6O5S2/c1-3-27(10-11-28)34(30,31)16-6-4-14(5-7-16)18(19(29)23-20-22-12-17(21)33-20)25-32-13-15-8-9-26(2)24-15/h4-9,12,28H,3,10-11,13H2,1-2H3,(H,22,23,29). The summed E-state index contributed by atoms with van der Waals surface area (Å²) in [6.07, 6.45) is 2.70. The van der Waals surface area contributed by atoms with Gasteiger partial charge < -0.3 is 9.94 Å². The number of amides is 1. The van der Waals surface area contributed by atoms with E-state index in [2.05, 4.69) is 20.6 Å². The summed E-state index contributed by atoms with van der Waals surface area (Å²) in [6.45, 7) is 1.49. The number of benzene rings is 1. The topological polar surface area (TPSA) is 139 Å². The lowest BCUT2D eigenvalue weighted by molar-refractivity contribution is -0.110. The van der Waals surface area contributed by atoms with Crippen LogP contribution in [0.2, 0.25) is 0 Å². The largest absolute Gasteiger partial charge is 0.395 e. The number of carbonyl (C=O) groups is 1. The number of anilines is 1. The van der Waals surface area contributed by atoms with Crippen LogP contribution in [0.15, 0.2) is 52.8 Å². The molecule has 0 saturated heterocycles. The number of likely N-dealkylation sites (N-methyl/N-ethyl adjacent to an activating group) is 1. The number of thiazole rings is 1. The molecule has 0 aliphatic heterocycles. The molecule has 0 aliphatic rings. The molecule has 0 atom stereocenters. The van der Waals surface area contributed by atoms with Gasteiger partial charge in [0, 0.05) is 31.9 Å². The Morgan fingerprint density at radius 3 is 2.62 bits per heavy atom. The summed E-state index contributed by atoms with van der Waals surface area (Å²) in [6, 6.07) is 7.19. The average molecular weight is 511 g/mol. The monoisotopic (exact) mass is 510 g/mol. The Hall–Kier alpha value is -3.20. The van der Waals surface area contributed by atoms with Gasteiger partial charge in [-0.15, -0.1) is 0 Å². The lowest BCUT2D eigenvalue weighted by atomic mass is 10.1. The van der Waals surface area contributed by atoms with Crippen LogP contribution < -0.4 is 5.32 Å². The molecule has 3 rings (SSSR count). The second kappa shape index (κ2) is 11.3. The summed E-state index contributed by atoms with van der Waals surface area (Å²) in [5.74, 6) is -0.721. The van der Waals surface area contributed by atoms with E-state index < -0.39 is 21.1 Å². The quantitative estimate of drug-likeness (QED) is 0.295. The van der Waals surface area contributed by atoms with Crippen molar-refractivity contribution in [2.24, 2.45) is 12.2 Å². The molecule has 1 amide bonds. The molecule has 34 heavy (non-hydrogen) atoms. The highest BCUT2D eigenvalue weighted by atomic mass is 32.2. The fourth-order valence-electron chi connectivity index (χ4n) is 2.89. The minimum absolute atomic E-state index is 0.0113. The highest BCUT2D eigenvalue weighted by Crippen LogP contribution is 2.19. The third kappa shape index (κ3) is 6.22. The summed E-state index contributed by atoms with van der Waals surface area (Å²) < 4.78 is 41.5. The van der Waals surface area contributed by atoms with Crippen LogP contribution in [0.1, 0.15) is 18.2 Å². The van der Waals surface area contributed by atoms with Gasteiger partial charge in [-0.3, -0.25) is 14.8 Å². The second-order valence-electron chi connectivity index (χ2n) is 6.86. The zero-order chi connectivity index (χ0) is 24.7. The predicted octanol–water partition coefficient (Wildman–Crippen LogP) is 1.58. The van der Waals surface area contributed by atoms with Gasteiger partial charge in [-0.1, -0.05) is 35.5 Å². The van der Waals surface area contributed by atoms with Crippen LogP contribution in [0.25, 0.3) is 0 Å². The molecule has 0 radical (unpaired) electrons. The molecule has 14 heteroatoms. The molecule has 2 aromatic heterocycles. The molecule has 2 heterocycles. The molecule has 1 aromatic carbocycles. The van der Waals surface area contributed by atoms with E-state index in [9.17, 15) is 17.6 Å². The number of hydrogen-bond donors (Lipinski definition) is 2. The van der Waals surface area contributed by atoms with Gasteiger partial charge >= 0.3 is 0 Å². The predicted molar refractivity (Wildman–Crippen MR) is 123 cm³/mol. The van der Waals surface area contributed by atoms with E-state index >= 15 is 0 Å². The van der Waals surface area contributed by atoms with Crippen LogP contribution in [-0.2, 0) is 33.3 Å². The number of rotatable bonds is 11. The summed E-state index contributed by atoms with van der Waals surface area (Å²) in [5.41, 5.74) is 0.677. The van der Waals surface area contributed by atoms with Crippen molar-refractivity contribution in [3.05, 3.63) is 59.1 Å². The van der Waals surface area contributed by atoms with Crippen molar-refractivity contribution in [2.75, 3.05) is 25.0 Å². The number of aliphatic hydroxyl groups excluding tert-OH is 1. The van der Waals surface area contributed by atoms with Crippen molar-refractivity contribution in [2.45, 2.75) is 18.4 Å². The number of sulfonamides is 1. The number of oxime groups is 1. The molecule has 0 saturated carbocycles. The minimum atomic E-state index is -3.83. The number of nitrogens with one attached hydrogen (secondary N) is 1. The average Bonchev–Trinajstić information content (AvgIpc) is 3.42. The fourth-order valence-corrected chi connectivity index (χ4v) is 4.87. The third-order valence-electron chi connectivity index (χ3n) is 4.52. The first kappa shape index (κ1) is 25.4. The molecule has 3 aromatic rings. The zero-order valence-corrected chi connectivity index (χ0v) is 20.0. The van der Waals surface area contributed by atoms with Gasteiger partial charge in [0.2, 0.25) is 10.0 Å². The van der Waals surface area contributed by atoms with E-state index in [0.717, 1.165) is 10.5 Å². The van der Waals surface area contributed by atoms with E-state index in [-0.39, 0.29) is 47.6 Å². The lowest BCUT2D eigenvalue weighted by Gasteiger charge is -2.19. The maximum Gasteiger partial charge on any atom is 0.280 e. The number of aliphatic hydroxyl groups is 1. The first-order valence-electron chi connectivity index (χ1n) is 10.1. The molecular formula is C20H23FN6O5S2. The van der Waals surface area contributed by atoms with Crippen LogP contribution in [0.4, 0.5) is 9.52 Å². The summed E-state index contributed by atoms with van der Waals surface area (Å²) in [7, 11) is -2.09. The van der Waals surface area contributed by atoms with Crippen molar-refractivity contribution in [1.29, 1.82) is 0 Å². The van der Waals surface area contributed by atoms with Crippen LogP contribution in [0.5, 0.6) is 0 Å². The Morgan fingerprint density at radius 1 is 1.32 bits per heavy atom. The van der Waals surface area contributed by atoms with Gasteiger partial charge in [0.25, 0.3) is 5.91 Å². The maximum atomic E-state index is 13.3. The Labute approximate surface area is 199 Å². The lowest BCUT2D eigenvalue weighted by Crippen LogP contribution is -2.33. The number of halogens is 1. The van der Waals surface area contributed by atoms with Crippen LogP contribution >= 0.6 is 11.3 Å². The maximum absolute atomic E-state index is 13.3. The Balaban J connectivity index is 1.86.